The molecule has 0 heterocycles. The highest BCUT2D eigenvalue weighted by Crippen LogP contribution is 2.22. The molecule has 7 nitrogen and oxygen atoms in total. The van der Waals surface area contributed by atoms with E-state index in [1.54, 1.807) is 74.9 Å². The number of ketones is 2. The van der Waals surface area contributed by atoms with Gasteiger partial charge in [-0.15, -0.1) is 0 Å². The van der Waals surface area contributed by atoms with Crippen molar-refractivity contribution in [2.45, 2.75) is 6.10 Å². The molecule has 4 aromatic rings. The first kappa shape index (κ1) is 29.8. The van der Waals surface area contributed by atoms with Crippen LogP contribution >= 0.6 is 0 Å². The summed E-state index contributed by atoms with van der Waals surface area (Å²) in [6, 6.07) is 28.4. The van der Waals surface area contributed by atoms with E-state index in [9.17, 15) is 14.7 Å². The average molecular weight is 565 g/mol. The fraction of sp³-hybridized carbons (Fsp3) is 0.143. The minimum absolute atomic E-state index is 0.115. The Bertz CT molecular complexity index is 1450. The Balaban J connectivity index is 1.34. The maximum atomic E-state index is 12.9. The van der Waals surface area contributed by atoms with Gasteiger partial charge in [-0.3, -0.25) is 9.59 Å². The molecular formula is C35H32O7. The van der Waals surface area contributed by atoms with Crippen molar-refractivity contribution in [1.82, 2.24) is 0 Å². The predicted octanol–water partition coefficient (Wildman–Crippen LogP) is 6.31. The monoisotopic (exact) mass is 564 g/mol. The molecule has 0 amide bonds. The number of hydrogen-bond donors (Lipinski definition) is 1. The Morgan fingerprint density at radius 2 is 1.07 bits per heavy atom. The molecule has 4 aromatic carbocycles. The molecule has 0 radical (unpaired) electrons. The van der Waals surface area contributed by atoms with Gasteiger partial charge in [0, 0.05) is 0 Å². The van der Waals surface area contributed by atoms with Gasteiger partial charge in [0.15, 0.2) is 11.6 Å². The maximum absolute atomic E-state index is 12.9. The summed E-state index contributed by atoms with van der Waals surface area (Å²) in [6.07, 6.45) is 5.32. The van der Waals surface area contributed by atoms with Crippen molar-refractivity contribution in [3.8, 4) is 23.0 Å². The van der Waals surface area contributed by atoms with Crippen molar-refractivity contribution in [3.63, 3.8) is 0 Å². The molecule has 0 aliphatic heterocycles. The molecule has 0 bridgehead atoms. The number of ether oxygens (including phenoxy) is 4. The number of carbonyl (C=O) groups excluding carboxylic acids is 2. The Labute approximate surface area is 245 Å². The zero-order chi connectivity index (χ0) is 29.7. The summed E-state index contributed by atoms with van der Waals surface area (Å²) < 4.78 is 22.0. The second-order valence-electron chi connectivity index (χ2n) is 9.22. The van der Waals surface area contributed by atoms with Crippen molar-refractivity contribution >= 4 is 23.7 Å². The second-order valence-corrected chi connectivity index (χ2v) is 9.22. The lowest BCUT2D eigenvalue weighted by Gasteiger charge is -2.16. The summed E-state index contributed by atoms with van der Waals surface area (Å²) in [6.45, 7) is -0.231. The Kier molecular flexibility index (Phi) is 10.7. The van der Waals surface area contributed by atoms with Crippen LogP contribution in [0.5, 0.6) is 23.0 Å². The highest BCUT2D eigenvalue weighted by molar-refractivity contribution is 6.09. The second kappa shape index (κ2) is 15.0. The number of benzene rings is 4. The van der Waals surface area contributed by atoms with Gasteiger partial charge in [0.05, 0.1) is 25.3 Å². The molecule has 4 rings (SSSR count). The van der Waals surface area contributed by atoms with E-state index in [1.807, 2.05) is 48.5 Å². The number of methoxy groups -OCH3 is 2. The Morgan fingerprint density at radius 1 is 0.643 bits per heavy atom. The van der Waals surface area contributed by atoms with Gasteiger partial charge in [-0.1, -0.05) is 60.7 Å². The van der Waals surface area contributed by atoms with E-state index >= 15 is 0 Å². The van der Waals surface area contributed by atoms with E-state index in [1.165, 1.54) is 12.2 Å². The summed E-state index contributed by atoms with van der Waals surface area (Å²) in [7, 11) is 3.17. The number of carbonyl (C=O) groups is 2. The first-order chi connectivity index (χ1) is 20.5. The highest BCUT2D eigenvalue weighted by Gasteiger charge is 2.15. The predicted molar refractivity (Wildman–Crippen MR) is 163 cm³/mol. The molecule has 7 heteroatoms. The molecule has 214 valence electrons. The van der Waals surface area contributed by atoms with Gasteiger partial charge >= 0.3 is 0 Å². The average Bonchev–Trinajstić information content (AvgIpc) is 3.04. The van der Waals surface area contributed by atoms with Gasteiger partial charge in [-0.05, 0) is 71.8 Å². The smallest absolute Gasteiger partial charge is 0.189 e. The van der Waals surface area contributed by atoms with Crippen LogP contribution in [0.25, 0.3) is 12.2 Å². The summed E-state index contributed by atoms with van der Waals surface area (Å²) in [4.78, 5) is 25.8. The van der Waals surface area contributed by atoms with Gasteiger partial charge in [0.25, 0.3) is 0 Å². The van der Waals surface area contributed by atoms with Crippen molar-refractivity contribution in [2.75, 3.05) is 27.4 Å². The van der Waals surface area contributed by atoms with Gasteiger partial charge in [0.2, 0.25) is 0 Å². The Hall–Kier alpha value is -5.14. The first-order valence-electron chi connectivity index (χ1n) is 13.3. The lowest BCUT2D eigenvalue weighted by Crippen LogP contribution is -2.25. The van der Waals surface area contributed by atoms with Gasteiger partial charge in [0.1, 0.15) is 42.3 Å². The van der Waals surface area contributed by atoms with E-state index in [0.29, 0.717) is 34.1 Å². The lowest BCUT2D eigenvalue weighted by atomic mass is 10.1. The van der Waals surface area contributed by atoms with Crippen LogP contribution in [0, 0.1) is 0 Å². The number of rotatable bonds is 14. The zero-order valence-electron chi connectivity index (χ0n) is 23.4. The summed E-state index contributed by atoms with van der Waals surface area (Å²) in [5, 5.41) is 10.6. The third kappa shape index (κ3) is 8.43. The van der Waals surface area contributed by atoms with E-state index in [0.717, 1.165) is 11.1 Å². The molecule has 0 atom stereocenters. The number of para-hydroxylation sites is 2. The van der Waals surface area contributed by atoms with Crippen LogP contribution in [-0.2, 0) is 0 Å². The highest BCUT2D eigenvalue weighted by atomic mass is 16.5. The number of aliphatic hydroxyl groups excluding tert-OH is 1. The fourth-order valence-corrected chi connectivity index (χ4v) is 4.03. The van der Waals surface area contributed by atoms with Crippen LogP contribution in [0.2, 0.25) is 0 Å². The van der Waals surface area contributed by atoms with Crippen LogP contribution in [0.1, 0.15) is 31.8 Å². The lowest BCUT2D eigenvalue weighted by molar-refractivity contribution is 0.0616. The van der Waals surface area contributed by atoms with Gasteiger partial charge in [-0.2, -0.15) is 0 Å². The normalized spacial score (nSPS) is 11.1. The van der Waals surface area contributed by atoms with Crippen molar-refractivity contribution in [1.29, 1.82) is 0 Å². The number of aliphatic hydroxyl groups is 1. The Morgan fingerprint density at radius 3 is 1.50 bits per heavy atom. The van der Waals surface area contributed by atoms with E-state index < -0.39 is 6.10 Å². The zero-order valence-corrected chi connectivity index (χ0v) is 23.4. The largest absolute Gasteiger partial charge is 0.497 e. The fourth-order valence-electron chi connectivity index (χ4n) is 4.03. The molecular weight excluding hydrogens is 532 g/mol. The summed E-state index contributed by atoms with van der Waals surface area (Å²) in [5.41, 5.74) is 2.37. The van der Waals surface area contributed by atoms with E-state index in [-0.39, 0.29) is 24.8 Å². The van der Waals surface area contributed by atoms with Crippen LogP contribution in [0.15, 0.2) is 109 Å². The summed E-state index contributed by atoms with van der Waals surface area (Å²) in [5.74, 6) is 1.59. The molecule has 42 heavy (non-hydrogen) atoms. The van der Waals surface area contributed by atoms with Crippen LogP contribution < -0.4 is 18.9 Å². The first-order valence-corrected chi connectivity index (χ1v) is 13.3. The van der Waals surface area contributed by atoms with E-state index in [2.05, 4.69) is 0 Å². The minimum Gasteiger partial charge on any atom is -0.497 e. The molecule has 1 N–H and O–H groups in total. The number of allylic oxidation sites excluding steroid dienone is 2. The topological polar surface area (TPSA) is 91.3 Å². The molecule has 0 aliphatic carbocycles. The summed E-state index contributed by atoms with van der Waals surface area (Å²) >= 11 is 0. The molecule has 0 aromatic heterocycles. The molecule has 0 spiro atoms. The van der Waals surface area contributed by atoms with Crippen LogP contribution in [0.4, 0.5) is 0 Å². The third-order valence-electron chi connectivity index (χ3n) is 6.21. The quantitative estimate of drug-likeness (QED) is 0.142. The van der Waals surface area contributed by atoms with Crippen molar-refractivity contribution in [2.24, 2.45) is 0 Å². The third-order valence-corrected chi connectivity index (χ3v) is 6.21. The van der Waals surface area contributed by atoms with Gasteiger partial charge in [-0.25, -0.2) is 0 Å². The van der Waals surface area contributed by atoms with Gasteiger partial charge < -0.3 is 24.1 Å². The molecule has 0 unspecified atom stereocenters. The minimum atomic E-state index is -1.02. The molecule has 0 saturated carbocycles. The van der Waals surface area contributed by atoms with Crippen LogP contribution in [-0.4, -0.2) is 50.2 Å². The molecule has 0 saturated heterocycles. The van der Waals surface area contributed by atoms with Crippen molar-refractivity contribution < 1.29 is 33.6 Å². The maximum Gasteiger partial charge on any atom is 0.189 e. The standard InChI is InChI=1S/C35H32O7/c1-39-28-11-7-9-25(21-28)17-19-32(37)30-13-3-5-15-34(30)41-23-27(36)24-42-35-16-6-4-14-31(35)33(38)20-18-26-10-8-12-29(22-26)40-2/h3-22,27,36H,23-24H2,1-2H3/b19-17+,20-18+. The van der Waals surface area contributed by atoms with Crippen LogP contribution in [0.3, 0.4) is 0 Å². The molecule has 0 fully saturated rings. The van der Waals surface area contributed by atoms with E-state index in [4.69, 9.17) is 18.9 Å². The molecule has 0 aliphatic rings. The SMILES string of the molecule is COc1cccc(/C=C/C(=O)c2ccccc2OCC(O)COc2ccccc2C(=O)/C=C/c2cccc(OC)c2)c1. The number of hydrogen-bond acceptors (Lipinski definition) is 7. The van der Waals surface area contributed by atoms with Crippen molar-refractivity contribution in [3.05, 3.63) is 131 Å².